The van der Waals surface area contributed by atoms with Crippen LogP contribution in [0.1, 0.15) is 76.7 Å². The zero-order chi connectivity index (χ0) is 26.3. The van der Waals surface area contributed by atoms with Crippen molar-refractivity contribution in [2.75, 3.05) is 26.2 Å². The molecule has 0 unspecified atom stereocenters. The molecule has 0 radical (unpaired) electrons. The second-order valence-corrected chi connectivity index (χ2v) is 12.7. The van der Waals surface area contributed by atoms with E-state index in [2.05, 4.69) is 16.0 Å². The van der Waals surface area contributed by atoms with Gasteiger partial charge in [0.1, 0.15) is 16.2 Å². The van der Waals surface area contributed by atoms with Gasteiger partial charge < -0.3 is 19.3 Å². The molecular weight excluding hydrogens is 496 g/mol. The lowest BCUT2D eigenvalue weighted by molar-refractivity contribution is 0.0203. The van der Waals surface area contributed by atoms with Gasteiger partial charge in [-0.15, -0.1) is 22.7 Å². The lowest BCUT2D eigenvalue weighted by Crippen LogP contribution is -2.41. The third kappa shape index (κ3) is 8.89. The van der Waals surface area contributed by atoms with Crippen molar-refractivity contribution in [2.45, 2.75) is 77.9 Å². The standard InChI is InChI=1S/C13H20N2O2S.C13H18N2O2S/c2*1-13(2,3)17-12(16)15-7-4-10(5-8-15)11-14-6-9-18-11/h6,9-10H,4-5,7-8H2,1-3H3;4,6,9H,5,7-8H2,1-3H3. The predicted octanol–water partition coefficient (Wildman–Crippen LogP) is 6.42. The van der Waals surface area contributed by atoms with Gasteiger partial charge in [0.15, 0.2) is 0 Å². The summed E-state index contributed by atoms with van der Waals surface area (Å²) < 4.78 is 10.7. The van der Waals surface area contributed by atoms with Crippen LogP contribution in [0, 0.1) is 0 Å². The summed E-state index contributed by atoms with van der Waals surface area (Å²) in [5.74, 6) is 0.503. The Hall–Kier alpha value is -2.46. The van der Waals surface area contributed by atoms with Crippen LogP contribution in [0.25, 0.3) is 5.57 Å². The molecule has 0 aliphatic carbocycles. The van der Waals surface area contributed by atoms with Crippen molar-refractivity contribution in [2.24, 2.45) is 0 Å². The summed E-state index contributed by atoms with van der Waals surface area (Å²) in [4.78, 5) is 35.9. The van der Waals surface area contributed by atoms with E-state index in [9.17, 15) is 9.59 Å². The fraction of sp³-hybridized carbons (Fsp3) is 0.615. The first-order chi connectivity index (χ1) is 16.9. The van der Waals surface area contributed by atoms with E-state index in [-0.39, 0.29) is 12.2 Å². The molecule has 0 aromatic carbocycles. The summed E-state index contributed by atoms with van der Waals surface area (Å²) in [5, 5.41) is 6.23. The number of hydrogen-bond donors (Lipinski definition) is 0. The van der Waals surface area contributed by atoms with E-state index in [0.717, 1.165) is 37.4 Å². The monoisotopic (exact) mass is 534 g/mol. The molecule has 4 rings (SSSR count). The number of ether oxygens (including phenoxy) is 2. The van der Waals surface area contributed by atoms with Gasteiger partial charge in [0.25, 0.3) is 0 Å². The minimum absolute atomic E-state index is 0.194. The molecule has 0 N–H and O–H groups in total. The van der Waals surface area contributed by atoms with E-state index in [1.54, 1.807) is 38.7 Å². The maximum Gasteiger partial charge on any atom is 0.410 e. The molecular formula is C26H38N4O4S2. The van der Waals surface area contributed by atoms with Crippen LogP contribution in [0.15, 0.2) is 29.2 Å². The van der Waals surface area contributed by atoms with Gasteiger partial charge in [-0.1, -0.05) is 6.08 Å². The molecule has 0 saturated carbocycles. The number of likely N-dealkylation sites (tertiary alicyclic amines) is 1. The van der Waals surface area contributed by atoms with Gasteiger partial charge in [-0.3, -0.25) is 0 Å². The minimum atomic E-state index is -0.434. The number of aromatic nitrogens is 2. The van der Waals surface area contributed by atoms with Crippen LogP contribution in [0.3, 0.4) is 0 Å². The number of piperidine rings is 1. The van der Waals surface area contributed by atoms with E-state index in [1.165, 1.54) is 10.6 Å². The normalized spacial score (nSPS) is 17.1. The number of hydrogen-bond acceptors (Lipinski definition) is 8. The highest BCUT2D eigenvalue weighted by molar-refractivity contribution is 7.10. The van der Waals surface area contributed by atoms with Gasteiger partial charge in [-0.05, 0) is 66.4 Å². The second-order valence-electron chi connectivity index (χ2n) is 10.9. The predicted molar refractivity (Wildman–Crippen MR) is 144 cm³/mol. The average molecular weight is 535 g/mol. The molecule has 8 nitrogen and oxygen atoms in total. The summed E-state index contributed by atoms with van der Waals surface area (Å²) in [6.07, 6.45) is 8.08. The van der Waals surface area contributed by atoms with Gasteiger partial charge in [0, 0.05) is 55.3 Å². The van der Waals surface area contributed by atoms with Crippen molar-refractivity contribution in [3.05, 3.63) is 39.2 Å². The maximum absolute atomic E-state index is 11.9. The summed E-state index contributed by atoms with van der Waals surface area (Å²) in [7, 11) is 0. The molecule has 1 fully saturated rings. The summed E-state index contributed by atoms with van der Waals surface area (Å²) in [6, 6.07) is 0. The summed E-state index contributed by atoms with van der Waals surface area (Å²) >= 11 is 3.34. The summed E-state index contributed by atoms with van der Waals surface area (Å²) in [5.41, 5.74) is 0.379. The van der Waals surface area contributed by atoms with E-state index in [0.29, 0.717) is 19.0 Å². The lowest BCUT2D eigenvalue weighted by Gasteiger charge is -2.32. The molecule has 4 heterocycles. The smallest absolute Gasteiger partial charge is 0.410 e. The summed E-state index contributed by atoms with van der Waals surface area (Å²) in [6.45, 7) is 14.2. The Morgan fingerprint density at radius 1 is 0.861 bits per heavy atom. The highest BCUT2D eigenvalue weighted by Gasteiger charge is 2.28. The van der Waals surface area contributed by atoms with Crippen molar-refractivity contribution in [3.63, 3.8) is 0 Å². The van der Waals surface area contributed by atoms with Gasteiger partial charge in [-0.25, -0.2) is 19.6 Å². The van der Waals surface area contributed by atoms with E-state index >= 15 is 0 Å². The van der Waals surface area contributed by atoms with E-state index < -0.39 is 11.2 Å². The zero-order valence-corrected chi connectivity index (χ0v) is 23.8. The van der Waals surface area contributed by atoms with Crippen LogP contribution in [0.4, 0.5) is 9.59 Å². The fourth-order valence-electron chi connectivity index (χ4n) is 3.81. The fourth-order valence-corrected chi connectivity index (χ4v) is 5.33. The molecule has 2 aliphatic rings. The molecule has 0 spiro atoms. The van der Waals surface area contributed by atoms with Gasteiger partial charge in [-0.2, -0.15) is 0 Å². The third-order valence-corrected chi connectivity index (χ3v) is 7.30. The Morgan fingerprint density at radius 2 is 1.44 bits per heavy atom. The first kappa shape index (κ1) is 28.1. The number of thiazole rings is 2. The number of nitrogens with zero attached hydrogens (tertiary/aromatic N) is 4. The van der Waals surface area contributed by atoms with Gasteiger partial charge >= 0.3 is 12.2 Å². The van der Waals surface area contributed by atoms with Crippen molar-refractivity contribution in [1.29, 1.82) is 0 Å². The highest BCUT2D eigenvalue weighted by Crippen LogP contribution is 2.30. The first-order valence-electron chi connectivity index (χ1n) is 12.4. The zero-order valence-electron chi connectivity index (χ0n) is 22.2. The van der Waals surface area contributed by atoms with Crippen molar-refractivity contribution in [3.8, 4) is 0 Å². The molecule has 2 aliphatic heterocycles. The molecule has 2 aromatic heterocycles. The van der Waals surface area contributed by atoms with Crippen LogP contribution >= 0.6 is 22.7 Å². The first-order valence-corrected chi connectivity index (χ1v) is 14.1. The Labute approximate surface area is 222 Å². The lowest BCUT2D eigenvalue weighted by atomic mass is 9.98. The topological polar surface area (TPSA) is 84.9 Å². The highest BCUT2D eigenvalue weighted by atomic mass is 32.1. The number of rotatable bonds is 2. The van der Waals surface area contributed by atoms with Crippen LogP contribution in [0.5, 0.6) is 0 Å². The van der Waals surface area contributed by atoms with Crippen LogP contribution in [-0.4, -0.2) is 69.3 Å². The number of carbonyl (C=O) groups excluding carboxylic acids is 2. The number of carbonyl (C=O) groups is 2. The molecule has 198 valence electrons. The Bertz CT molecular complexity index is 1000. The van der Waals surface area contributed by atoms with E-state index in [4.69, 9.17) is 9.47 Å². The van der Waals surface area contributed by atoms with Gasteiger partial charge in [0.2, 0.25) is 0 Å². The molecule has 2 amide bonds. The molecule has 0 atom stereocenters. The Morgan fingerprint density at radius 3 is 1.92 bits per heavy atom. The molecule has 2 aromatic rings. The van der Waals surface area contributed by atoms with E-state index in [1.807, 2.05) is 58.5 Å². The van der Waals surface area contributed by atoms with Crippen molar-refractivity contribution >= 4 is 40.4 Å². The largest absolute Gasteiger partial charge is 0.444 e. The third-order valence-electron chi connectivity index (χ3n) is 5.52. The Kier molecular flexibility index (Phi) is 9.52. The molecule has 36 heavy (non-hydrogen) atoms. The second kappa shape index (κ2) is 12.2. The molecule has 1 saturated heterocycles. The SMILES string of the molecule is CC(C)(C)OC(=O)N1CC=C(c2nccs2)CC1.CC(C)(C)OC(=O)N1CCC(c2nccs2)CC1. The van der Waals surface area contributed by atoms with Crippen molar-refractivity contribution < 1.29 is 19.1 Å². The van der Waals surface area contributed by atoms with Crippen molar-refractivity contribution in [1.82, 2.24) is 19.8 Å². The maximum atomic E-state index is 11.9. The average Bonchev–Trinajstić information content (AvgIpc) is 3.52. The number of amides is 2. The van der Waals surface area contributed by atoms with Crippen LogP contribution in [0.2, 0.25) is 0 Å². The Balaban J connectivity index is 0.000000201. The van der Waals surface area contributed by atoms with Crippen LogP contribution in [-0.2, 0) is 9.47 Å². The van der Waals surface area contributed by atoms with Crippen LogP contribution < -0.4 is 0 Å². The van der Waals surface area contributed by atoms with Gasteiger partial charge in [0.05, 0.1) is 5.01 Å². The minimum Gasteiger partial charge on any atom is -0.444 e. The molecule has 0 bridgehead atoms. The molecule has 10 heteroatoms. The quantitative estimate of drug-likeness (QED) is 0.442.